The minimum atomic E-state index is -1.62. The van der Waals surface area contributed by atoms with Crippen LogP contribution in [-0.2, 0) is 47.4 Å². The monoisotopic (exact) mass is 995 g/mol. The van der Waals surface area contributed by atoms with E-state index in [4.69, 9.17) is 47.4 Å². The lowest BCUT2D eigenvalue weighted by Gasteiger charge is -2.49. The normalized spacial score (nSPS) is 40.1. The van der Waals surface area contributed by atoms with E-state index in [1.54, 1.807) is 58.9 Å². The van der Waals surface area contributed by atoms with Crippen molar-refractivity contribution in [1.29, 1.82) is 0 Å². The number of hydrogen-bond acceptors (Lipinski definition) is 18. The second kappa shape index (κ2) is 23.8. The number of nitrogens with zero attached hydrogens (tertiary/aromatic N) is 2. The van der Waals surface area contributed by atoms with Gasteiger partial charge in [0.2, 0.25) is 0 Å². The molecule has 4 aliphatic heterocycles. The standard InChI is InChI=1S/C50H82N4O16/c1-16-36-50(10)41(69-47(59)70-50)31(6)54(13)26-27(2)24-48(8,60)40(67-45-38(55)34(53(11)12)23-28(3)63-45)29(4)39(30(5)44(57)65-36)66-37-25-49(9,62-15)42(32(7)64-37)68-46(58)52-22-21-51-43(56)33-19-17-18-20-35(33)61-14/h17-20,27-32,34,36-42,45,55,60H,16,21-26H2,1-15H3,(H,51,56)(H,52,58)/t27-,28-,29+,30-,31-,32+,34+,36-,37+,38-,39+,40-,41-,42+,45+,48-,49-,50-/m1/s1. The molecule has 18 atom stereocenters. The molecular weight excluding hydrogens is 913 g/mol. The van der Waals surface area contributed by atoms with E-state index in [1.165, 1.54) is 14.2 Å². The number of methoxy groups -OCH3 is 2. The van der Waals surface area contributed by atoms with Gasteiger partial charge in [0.05, 0.1) is 48.6 Å². The van der Waals surface area contributed by atoms with Crippen LogP contribution in [0.3, 0.4) is 0 Å². The van der Waals surface area contributed by atoms with Crippen molar-refractivity contribution < 1.29 is 76.8 Å². The number of cyclic esters (lactones) is 1. The van der Waals surface area contributed by atoms with Gasteiger partial charge in [-0.25, -0.2) is 9.59 Å². The summed E-state index contributed by atoms with van der Waals surface area (Å²) in [5.74, 6) is -2.71. The Labute approximate surface area is 413 Å². The number of fused-ring (bicyclic) bond motifs is 1. The smallest absolute Gasteiger partial charge is 0.496 e. The van der Waals surface area contributed by atoms with Gasteiger partial charge in [-0.2, -0.15) is 0 Å². The lowest BCUT2D eigenvalue weighted by atomic mass is 9.77. The Balaban J connectivity index is 1.44. The molecule has 4 fully saturated rings. The third-order valence-electron chi connectivity index (χ3n) is 14.9. The van der Waals surface area contributed by atoms with E-state index in [1.807, 2.05) is 65.6 Å². The number of ether oxygens (including phenoxy) is 10. The summed E-state index contributed by atoms with van der Waals surface area (Å²) >= 11 is 0. The van der Waals surface area contributed by atoms with Crippen molar-refractivity contribution in [1.82, 2.24) is 20.4 Å². The van der Waals surface area contributed by atoms with Crippen LogP contribution in [0.4, 0.5) is 9.59 Å². The molecule has 398 valence electrons. The van der Waals surface area contributed by atoms with Gasteiger partial charge >= 0.3 is 18.2 Å². The van der Waals surface area contributed by atoms with E-state index in [0.29, 0.717) is 24.3 Å². The number of amides is 2. The number of nitrogens with one attached hydrogen (secondary N) is 2. The predicted octanol–water partition coefficient (Wildman–Crippen LogP) is 4.26. The molecule has 0 radical (unpaired) electrons. The fraction of sp³-hybridized carbons (Fsp3) is 0.800. The zero-order valence-corrected chi connectivity index (χ0v) is 43.9. The van der Waals surface area contributed by atoms with Gasteiger partial charge in [-0.1, -0.05) is 32.9 Å². The first-order chi connectivity index (χ1) is 32.8. The molecule has 4 saturated heterocycles. The maximum atomic E-state index is 14.7. The topological polar surface area (TPSA) is 232 Å². The number of carbonyl (C=O) groups is 4. The van der Waals surface area contributed by atoms with Gasteiger partial charge in [0.15, 0.2) is 30.4 Å². The van der Waals surface area contributed by atoms with E-state index >= 15 is 0 Å². The zero-order chi connectivity index (χ0) is 52.0. The van der Waals surface area contributed by atoms with Crippen molar-refractivity contribution in [3.63, 3.8) is 0 Å². The predicted molar refractivity (Wildman–Crippen MR) is 255 cm³/mol. The minimum Gasteiger partial charge on any atom is -0.496 e. The molecule has 0 spiro atoms. The largest absolute Gasteiger partial charge is 0.509 e. The lowest BCUT2D eigenvalue weighted by Crippen LogP contribution is -2.61. The quantitative estimate of drug-likeness (QED) is 0.123. The maximum Gasteiger partial charge on any atom is 0.509 e. The summed E-state index contributed by atoms with van der Waals surface area (Å²) in [5.41, 5.74) is -3.82. The van der Waals surface area contributed by atoms with Gasteiger partial charge in [-0.15, -0.1) is 0 Å². The summed E-state index contributed by atoms with van der Waals surface area (Å²) in [6.07, 6.45) is -9.96. The molecule has 0 saturated carbocycles. The number of carbonyl (C=O) groups excluding carboxylic acids is 4. The molecular formula is C50H82N4O16. The highest BCUT2D eigenvalue weighted by Crippen LogP contribution is 2.42. The maximum absolute atomic E-state index is 14.7. The van der Waals surface area contributed by atoms with E-state index in [9.17, 15) is 29.4 Å². The molecule has 0 aliphatic carbocycles. The number of para-hydroxylation sites is 1. The third-order valence-corrected chi connectivity index (χ3v) is 14.9. The number of benzene rings is 1. The summed E-state index contributed by atoms with van der Waals surface area (Å²) in [7, 11) is 8.62. The third kappa shape index (κ3) is 13.0. The van der Waals surface area contributed by atoms with Crippen LogP contribution < -0.4 is 15.4 Å². The van der Waals surface area contributed by atoms with E-state index in [-0.39, 0.29) is 56.3 Å². The summed E-state index contributed by atoms with van der Waals surface area (Å²) in [5, 5.41) is 30.0. The molecule has 4 heterocycles. The highest BCUT2D eigenvalue weighted by atomic mass is 16.8. The average Bonchev–Trinajstić information content (AvgIpc) is 3.62. The van der Waals surface area contributed by atoms with Gasteiger partial charge < -0.3 is 73.1 Å². The molecule has 4 N–H and O–H groups in total. The van der Waals surface area contributed by atoms with Crippen molar-refractivity contribution in [3.8, 4) is 5.75 Å². The molecule has 20 heteroatoms. The van der Waals surface area contributed by atoms with Crippen LogP contribution in [0.15, 0.2) is 24.3 Å². The van der Waals surface area contributed by atoms with Crippen LogP contribution in [0, 0.1) is 17.8 Å². The Morgan fingerprint density at radius 1 is 0.929 bits per heavy atom. The van der Waals surface area contributed by atoms with Crippen molar-refractivity contribution in [2.45, 2.75) is 185 Å². The number of hydrogen-bond donors (Lipinski definition) is 4. The van der Waals surface area contributed by atoms with Gasteiger partial charge in [-0.3, -0.25) is 14.5 Å². The van der Waals surface area contributed by atoms with Crippen molar-refractivity contribution in [2.24, 2.45) is 17.8 Å². The van der Waals surface area contributed by atoms with Crippen LogP contribution in [0.2, 0.25) is 0 Å². The Hall–Kier alpha value is -3.86. The van der Waals surface area contributed by atoms with Crippen LogP contribution in [0.5, 0.6) is 5.75 Å². The fourth-order valence-corrected chi connectivity index (χ4v) is 11.0. The number of rotatable bonds is 13. The molecule has 70 heavy (non-hydrogen) atoms. The second-order valence-electron chi connectivity index (χ2n) is 20.8. The highest BCUT2D eigenvalue weighted by molar-refractivity contribution is 5.96. The average molecular weight is 995 g/mol. The molecule has 4 aliphatic rings. The highest BCUT2D eigenvalue weighted by Gasteiger charge is 2.58. The Morgan fingerprint density at radius 3 is 2.24 bits per heavy atom. The number of aliphatic hydroxyl groups excluding tert-OH is 1. The number of likely N-dealkylation sites (N-methyl/N-ethyl adjacent to an activating group) is 2. The van der Waals surface area contributed by atoms with Crippen molar-refractivity contribution >= 4 is 24.1 Å². The number of esters is 1. The Bertz CT molecular complexity index is 1930. The van der Waals surface area contributed by atoms with Gasteiger partial charge in [0.25, 0.3) is 5.91 Å². The molecule has 0 unspecified atom stereocenters. The first-order valence-corrected chi connectivity index (χ1v) is 24.7. The van der Waals surface area contributed by atoms with Crippen LogP contribution in [-0.4, -0.2) is 189 Å². The van der Waals surface area contributed by atoms with E-state index in [2.05, 4.69) is 10.6 Å². The summed E-state index contributed by atoms with van der Waals surface area (Å²) < 4.78 is 61.8. The second-order valence-corrected chi connectivity index (χ2v) is 20.8. The molecule has 0 aromatic heterocycles. The Kier molecular flexibility index (Phi) is 19.4. The van der Waals surface area contributed by atoms with Crippen LogP contribution in [0.25, 0.3) is 0 Å². The molecule has 20 nitrogen and oxygen atoms in total. The van der Waals surface area contributed by atoms with Gasteiger partial charge in [-0.05, 0) is 107 Å². The molecule has 1 aromatic rings. The molecule has 1 aromatic carbocycles. The lowest BCUT2D eigenvalue weighted by molar-refractivity contribution is -0.317. The van der Waals surface area contributed by atoms with E-state index in [0.717, 1.165) is 0 Å². The first kappa shape index (κ1) is 57.0. The summed E-state index contributed by atoms with van der Waals surface area (Å²) in [4.78, 5) is 57.6. The molecule has 2 amide bonds. The van der Waals surface area contributed by atoms with Crippen LogP contribution >= 0.6 is 0 Å². The Morgan fingerprint density at radius 2 is 1.60 bits per heavy atom. The fourth-order valence-electron chi connectivity index (χ4n) is 11.0. The van der Waals surface area contributed by atoms with Gasteiger partial charge in [0, 0.05) is 51.2 Å². The van der Waals surface area contributed by atoms with Crippen molar-refractivity contribution in [3.05, 3.63) is 29.8 Å². The number of aliphatic hydroxyl groups is 2. The molecule has 5 rings (SSSR count). The number of alkyl carbamates (subject to hydrolysis) is 1. The van der Waals surface area contributed by atoms with Gasteiger partial charge in [0.1, 0.15) is 23.6 Å². The molecule has 0 bridgehead atoms. The summed E-state index contributed by atoms with van der Waals surface area (Å²) in [6.45, 7) is 18.6. The summed E-state index contributed by atoms with van der Waals surface area (Å²) in [6, 6.07) is 6.08. The minimum absolute atomic E-state index is 0.0199. The zero-order valence-electron chi connectivity index (χ0n) is 43.9. The van der Waals surface area contributed by atoms with Crippen LogP contribution in [0.1, 0.15) is 105 Å². The van der Waals surface area contributed by atoms with E-state index < -0.39 is 108 Å². The SMILES string of the molecule is CC[C@H]1OC(=O)[C@H](C)[C@@H](O[C@H]2C[C@@](C)(OC)[C@@H](OC(=O)NCCNC(=O)c3ccccc3OC)[C@H](C)O2)[C@H](C)[C@@H](O[C@@H]2O[C@H](C)C[C@H](N(C)C)[C@H]2O)[C@](C)(O)C[C@@H](C)CN(C)[C@H](C)[C@H]2OC(=O)O[C@@]21C. The first-order valence-electron chi connectivity index (χ1n) is 24.7. The van der Waals surface area contributed by atoms with Crippen molar-refractivity contribution in [2.75, 3.05) is 55.0 Å².